The van der Waals surface area contributed by atoms with Crippen LogP contribution < -0.4 is 0 Å². The normalized spacial score (nSPS) is 13.6. The predicted molar refractivity (Wildman–Crippen MR) is 57.8 cm³/mol. The summed E-state index contributed by atoms with van der Waals surface area (Å²) < 4.78 is 87.1. The third kappa shape index (κ3) is 3.06. The quantitative estimate of drug-likeness (QED) is 0.465. The second-order valence-corrected chi connectivity index (χ2v) is 3.80. The van der Waals surface area contributed by atoms with Gasteiger partial charge in [0.2, 0.25) is 0 Å². The van der Waals surface area contributed by atoms with E-state index in [1.807, 2.05) is 0 Å². The van der Waals surface area contributed by atoms with E-state index in [2.05, 4.69) is 9.47 Å². The van der Waals surface area contributed by atoms with Crippen molar-refractivity contribution in [2.24, 2.45) is 0 Å². The summed E-state index contributed by atoms with van der Waals surface area (Å²) in [6.45, 7) is 0.236. The molecule has 0 aliphatic rings. The molecule has 0 heterocycles. The van der Waals surface area contributed by atoms with E-state index >= 15 is 0 Å². The standard InChI is InChI=1S/C12H12F6O2/c1-2-19-8-20-10(11(13,14)15,12(16,17)18)9-6-4-3-5-7-9/h3-7H,2,8H2,1H3. The van der Waals surface area contributed by atoms with E-state index in [1.165, 1.54) is 13.0 Å². The fourth-order valence-corrected chi connectivity index (χ4v) is 1.62. The first kappa shape index (κ1) is 16.8. The highest BCUT2D eigenvalue weighted by molar-refractivity contribution is 5.27. The lowest BCUT2D eigenvalue weighted by Gasteiger charge is -2.37. The Kier molecular flexibility index (Phi) is 5.04. The third-order valence-electron chi connectivity index (χ3n) is 2.54. The van der Waals surface area contributed by atoms with Crippen LogP contribution in [0.5, 0.6) is 0 Å². The number of ether oxygens (including phenoxy) is 2. The molecule has 20 heavy (non-hydrogen) atoms. The van der Waals surface area contributed by atoms with Crippen LogP contribution in [0.1, 0.15) is 12.5 Å². The summed E-state index contributed by atoms with van der Waals surface area (Å²) in [4.78, 5) is 0. The molecule has 1 aromatic rings. The van der Waals surface area contributed by atoms with Gasteiger partial charge in [-0.3, -0.25) is 0 Å². The van der Waals surface area contributed by atoms with Gasteiger partial charge in [0.05, 0.1) is 0 Å². The van der Waals surface area contributed by atoms with Crippen LogP contribution in [0.15, 0.2) is 30.3 Å². The predicted octanol–water partition coefficient (Wildman–Crippen LogP) is 4.02. The number of hydrogen-bond donors (Lipinski definition) is 0. The van der Waals surface area contributed by atoms with Gasteiger partial charge in [0.15, 0.2) is 0 Å². The molecule has 0 aromatic heterocycles. The van der Waals surface area contributed by atoms with Crippen molar-refractivity contribution in [3.63, 3.8) is 0 Å². The molecule has 0 N–H and O–H groups in total. The van der Waals surface area contributed by atoms with Crippen LogP contribution in [0.3, 0.4) is 0 Å². The summed E-state index contributed by atoms with van der Waals surface area (Å²) in [7, 11) is 0. The number of hydrogen-bond acceptors (Lipinski definition) is 2. The highest BCUT2D eigenvalue weighted by atomic mass is 19.4. The molecule has 114 valence electrons. The minimum absolute atomic E-state index is 0.0689. The van der Waals surface area contributed by atoms with Gasteiger partial charge in [0, 0.05) is 12.2 Å². The van der Waals surface area contributed by atoms with Gasteiger partial charge in [-0.2, -0.15) is 26.3 Å². The van der Waals surface area contributed by atoms with E-state index in [0.717, 1.165) is 12.1 Å². The molecule has 0 radical (unpaired) electrons. The Morgan fingerprint density at radius 1 is 0.900 bits per heavy atom. The number of halogens is 6. The van der Waals surface area contributed by atoms with Gasteiger partial charge in [-0.1, -0.05) is 30.3 Å². The maximum Gasteiger partial charge on any atom is 0.430 e. The van der Waals surface area contributed by atoms with Crippen LogP contribution in [0.4, 0.5) is 26.3 Å². The van der Waals surface area contributed by atoms with Gasteiger partial charge in [-0.25, -0.2) is 0 Å². The van der Waals surface area contributed by atoms with E-state index < -0.39 is 30.3 Å². The Labute approximate surface area is 111 Å². The van der Waals surface area contributed by atoms with Crippen LogP contribution in [0.25, 0.3) is 0 Å². The van der Waals surface area contributed by atoms with Crippen molar-refractivity contribution in [3.8, 4) is 0 Å². The van der Waals surface area contributed by atoms with Gasteiger partial charge in [-0.05, 0) is 6.92 Å². The molecule has 1 aromatic carbocycles. The first-order valence-corrected chi connectivity index (χ1v) is 5.57. The summed E-state index contributed by atoms with van der Waals surface area (Å²) in [6, 6.07) is 4.89. The van der Waals surface area contributed by atoms with Gasteiger partial charge >= 0.3 is 12.4 Å². The maximum atomic E-state index is 13.1. The molecule has 0 atom stereocenters. The first-order chi connectivity index (χ1) is 9.17. The first-order valence-electron chi connectivity index (χ1n) is 5.57. The molecule has 2 nitrogen and oxygen atoms in total. The van der Waals surface area contributed by atoms with Crippen LogP contribution in [0, 0.1) is 0 Å². The van der Waals surface area contributed by atoms with Crippen molar-refractivity contribution in [2.45, 2.75) is 24.9 Å². The van der Waals surface area contributed by atoms with E-state index in [9.17, 15) is 26.3 Å². The number of rotatable bonds is 5. The molecule has 1 rings (SSSR count). The fraction of sp³-hybridized carbons (Fsp3) is 0.500. The largest absolute Gasteiger partial charge is 0.430 e. The fourth-order valence-electron chi connectivity index (χ4n) is 1.62. The highest BCUT2D eigenvalue weighted by Gasteiger charge is 2.73. The monoisotopic (exact) mass is 302 g/mol. The zero-order chi connectivity index (χ0) is 15.4. The number of benzene rings is 1. The summed E-state index contributed by atoms with van der Waals surface area (Å²) in [6.07, 6.45) is -11.4. The summed E-state index contributed by atoms with van der Waals surface area (Å²) in [5, 5.41) is 0. The van der Waals surface area contributed by atoms with Crippen molar-refractivity contribution >= 4 is 0 Å². The highest BCUT2D eigenvalue weighted by Crippen LogP contribution is 2.52. The lowest BCUT2D eigenvalue weighted by Crippen LogP contribution is -2.56. The molecule has 0 saturated carbocycles. The Morgan fingerprint density at radius 3 is 1.80 bits per heavy atom. The van der Waals surface area contributed by atoms with E-state index in [-0.39, 0.29) is 6.61 Å². The summed E-state index contributed by atoms with van der Waals surface area (Å²) in [5.74, 6) is 0. The van der Waals surface area contributed by atoms with Crippen molar-refractivity contribution in [3.05, 3.63) is 35.9 Å². The van der Waals surface area contributed by atoms with Crippen LogP contribution in [-0.4, -0.2) is 25.8 Å². The number of alkyl halides is 6. The SMILES string of the molecule is CCOCOC(c1ccccc1)(C(F)(F)F)C(F)(F)F. The van der Waals surface area contributed by atoms with Crippen molar-refractivity contribution < 1.29 is 35.8 Å². The molecule has 0 aliphatic heterocycles. The maximum absolute atomic E-state index is 13.1. The molecule has 0 spiro atoms. The molecule has 0 bridgehead atoms. The van der Waals surface area contributed by atoms with E-state index in [4.69, 9.17) is 0 Å². The molecular weight excluding hydrogens is 290 g/mol. The van der Waals surface area contributed by atoms with Gasteiger partial charge in [0.1, 0.15) is 6.79 Å². The van der Waals surface area contributed by atoms with Gasteiger partial charge < -0.3 is 9.47 Å². The zero-order valence-corrected chi connectivity index (χ0v) is 10.4. The van der Waals surface area contributed by atoms with Crippen LogP contribution >= 0.6 is 0 Å². The molecule has 0 saturated heterocycles. The molecule has 0 fully saturated rings. The minimum Gasteiger partial charge on any atom is -0.356 e. The molecular formula is C12H12F6O2. The second kappa shape index (κ2) is 6.01. The lowest BCUT2D eigenvalue weighted by atomic mass is 9.92. The van der Waals surface area contributed by atoms with E-state index in [0.29, 0.717) is 12.1 Å². The topological polar surface area (TPSA) is 18.5 Å². The average Bonchev–Trinajstić information content (AvgIpc) is 2.32. The zero-order valence-electron chi connectivity index (χ0n) is 10.4. The Balaban J connectivity index is 3.36. The van der Waals surface area contributed by atoms with Crippen molar-refractivity contribution in [1.82, 2.24) is 0 Å². The Hall–Kier alpha value is -1.28. The van der Waals surface area contributed by atoms with Gasteiger partial charge in [0.25, 0.3) is 5.60 Å². The van der Waals surface area contributed by atoms with Gasteiger partial charge in [-0.15, -0.1) is 0 Å². The second-order valence-electron chi connectivity index (χ2n) is 3.80. The van der Waals surface area contributed by atoms with Crippen LogP contribution in [-0.2, 0) is 15.1 Å². The Bertz CT molecular complexity index is 398. The third-order valence-corrected chi connectivity index (χ3v) is 2.54. The lowest BCUT2D eigenvalue weighted by molar-refractivity contribution is -0.401. The summed E-state index contributed by atoms with van der Waals surface area (Å²) >= 11 is 0. The molecule has 0 amide bonds. The molecule has 0 unspecified atom stereocenters. The van der Waals surface area contributed by atoms with Crippen molar-refractivity contribution in [1.29, 1.82) is 0 Å². The Morgan fingerprint density at radius 2 is 1.40 bits per heavy atom. The smallest absolute Gasteiger partial charge is 0.356 e. The van der Waals surface area contributed by atoms with Crippen molar-refractivity contribution in [2.75, 3.05) is 13.4 Å². The molecule has 8 heteroatoms. The molecule has 0 aliphatic carbocycles. The van der Waals surface area contributed by atoms with Crippen LogP contribution in [0.2, 0.25) is 0 Å². The van der Waals surface area contributed by atoms with E-state index in [1.54, 1.807) is 0 Å². The average molecular weight is 302 g/mol. The summed E-state index contributed by atoms with van der Waals surface area (Å²) in [5.41, 5.74) is -5.45. The minimum atomic E-state index is -5.68.